The van der Waals surface area contributed by atoms with Crippen LogP contribution in [0.1, 0.15) is 30.5 Å². The van der Waals surface area contributed by atoms with Gasteiger partial charge in [-0.25, -0.2) is 4.68 Å². The highest BCUT2D eigenvalue weighted by molar-refractivity contribution is 5.94. The van der Waals surface area contributed by atoms with E-state index in [1.807, 2.05) is 0 Å². The van der Waals surface area contributed by atoms with Crippen molar-refractivity contribution in [1.82, 2.24) is 9.78 Å². The highest BCUT2D eigenvalue weighted by Crippen LogP contribution is 2.44. The first-order chi connectivity index (χ1) is 9.74. The maximum Gasteiger partial charge on any atom is 0.396 e. The van der Waals surface area contributed by atoms with Gasteiger partial charge in [-0.2, -0.15) is 18.3 Å². The molecule has 0 saturated heterocycles. The summed E-state index contributed by atoms with van der Waals surface area (Å²) in [5, 5.41) is 6.27. The number of nitrogens with zero attached hydrogens (tertiary/aromatic N) is 2. The fourth-order valence-corrected chi connectivity index (χ4v) is 2.34. The first-order valence-electron chi connectivity index (χ1n) is 6.33. The average molecular weight is 305 g/mol. The minimum absolute atomic E-state index is 0.0841. The molecule has 116 valence electrons. The number of hydrogen-bond donors (Lipinski definition) is 1. The highest BCUT2D eigenvalue weighted by Gasteiger charge is 2.47. The van der Waals surface area contributed by atoms with Gasteiger partial charge in [-0.15, -0.1) is 0 Å². The normalized spacial score (nSPS) is 18.1. The molecule has 1 atom stereocenters. The van der Waals surface area contributed by atoms with E-state index in [0.717, 1.165) is 4.68 Å². The van der Waals surface area contributed by atoms with Crippen molar-refractivity contribution in [3.8, 4) is 0 Å². The Morgan fingerprint density at radius 2 is 2.19 bits per heavy atom. The van der Waals surface area contributed by atoms with Crippen molar-refractivity contribution in [2.45, 2.75) is 38.9 Å². The summed E-state index contributed by atoms with van der Waals surface area (Å²) in [5.41, 5.74) is 0.0445. The van der Waals surface area contributed by atoms with Gasteiger partial charge in [0.1, 0.15) is 12.4 Å². The highest BCUT2D eigenvalue weighted by atomic mass is 19.4. The number of carbonyl (C=O) groups excluding carboxylic acids is 2. The predicted octanol–water partition coefficient (Wildman–Crippen LogP) is 1.74. The second-order valence-corrected chi connectivity index (χ2v) is 4.66. The van der Waals surface area contributed by atoms with Gasteiger partial charge in [0.25, 0.3) is 0 Å². The number of nitrogens with one attached hydrogen (secondary N) is 1. The largest absolute Gasteiger partial charge is 0.465 e. The fourth-order valence-electron chi connectivity index (χ4n) is 2.34. The Hall–Kier alpha value is -2.06. The zero-order chi connectivity index (χ0) is 15.8. The molecule has 0 spiro atoms. The smallest absolute Gasteiger partial charge is 0.396 e. The first kappa shape index (κ1) is 15.3. The molecule has 1 aliphatic heterocycles. The van der Waals surface area contributed by atoms with E-state index in [0.29, 0.717) is 0 Å². The van der Waals surface area contributed by atoms with Gasteiger partial charge >= 0.3 is 12.1 Å². The molecule has 1 aromatic rings. The van der Waals surface area contributed by atoms with Crippen LogP contribution in [0, 0.1) is 6.92 Å². The van der Waals surface area contributed by atoms with Crippen molar-refractivity contribution in [2.24, 2.45) is 0 Å². The topological polar surface area (TPSA) is 73.2 Å². The number of ether oxygens (including phenoxy) is 1. The number of aromatic nitrogens is 2. The van der Waals surface area contributed by atoms with Crippen molar-refractivity contribution in [3.63, 3.8) is 0 Å². The Balaban J connectivity index is 2.41. The summed E-state index contributed by atoms with van der Waals surface area (Å²) in [6.07, 6.45) is -5.22. The van der Waals surface area contributed by atoms with Crippen molar-refractivity contribution >= 4 is 17.7 Å². The molecule has 0 fully saturated rings. The van der Waals surface area contributed by atoms with Gasteiger partial charge in [-0.3, -0.25) is 9.59 Å². The van der Waals surface area contributed by atoms with Gasteiger partial charge in [-0.1, -0.05) is 0 Å². The Morgan fingerprint density at radius 3 is 2.76 bits per heavy atom. The number of carbonyl (C=O) groups is 2. The third kappa shape index (κ3) is 3.01. The minimum Gasteiger partial charge on any atom is -0.465 e. The second-order valence-electron chi connectivity index (χ2n) is 4.66. The lowest BCUT2D eigenvalue weighted by Crippen LogP contribution is -2.32. The van der Waals surface area contributed by atoms with E-state index in [1.54, 1.807) is 6.92 Å². The lowest BCUT2D eigenvalue weighted by Gasteiger charge is -2.25. The number of alkyl halides is 3. The van der Waals surface area contributed by atoms with Crippen LogP contribution in [0.5, 0.6) is 0 Å². The third-order valence-electron chi connectivity index (χ3n) is 3.15. The van der Waals surface area contributed by atoms with Crippen LogP contribution in [0.15, 0.2) is 0 Å². The number of aryl methyl sites for hydroxylation is 1. The molecule has 0 aliphatic carbocycles. The Bertz CT molecular complexity index is 580. The number of halogens is 3. The third-order valence-corrected chi connectivity index (χ3v) is 3.15. The molecule has 6 nitrogen and oxygen atoms in total. The van der Waals surface area contributed by atoms with Crippen LogP contribution >= 0.6 is 0 Å². The lowest BCUT2D eigenvalue weighted by atomic mass is 9.91. The van der Waals surface area contributed by atoms with E-state index in [1.165, 1.54) is 6.92 Å². The Morgan fingerprint density at radius 1 is 1.52 bits per heavy atom. The number of amides is 1. The molecule has 1 aliphatic rings. The van der Waals surface area contributed by atoms with Gasteiger partial charge in [0, 0.05) is 12.0 Å². The standard InChI is InChI=1S/C12H14F3N3O3/c1-3-21-9(20)5-18-11-10(6(2)17-18)7(12(13,14)15)4-8(19)16-11/h7H,3-5H2,1-2H3,(H,16,19)/t7-/m0/s1. The van der Waals surface area contributed by atoms with Crippen LogP contribution in [-0.2, 0) is 20.9 Å². The summed E-state index contributed by atoms with van der Waals surface area (Å²) in [6.45, 7) is 2.83. The van der Waals surface area contributed by atoms with E-state index in [2.05, 4.69) is 10.4 Å². The maximum atomic E-state index is 13.1. The van der Waals surface area contributed by atoms with Crippen LogP contribution < -0.4 is 5.32 Å². The van der Waals surface area contributed by atoms with E-state index in [4.69, 9.17) is 4.74 Å². The summed E-state index contributed by atoms with van der Waals surface area (Å²) in [5.74, 6) is -3.38. The summed E-state index contributed by atoms with van der Waals surface area (Å²) in [7, 11) is 0. The summed E-state index contributed by atoms with van der Waals surface area (Å²) in [6, 6.07) is 0. The van der Waals surface area contributed by atoms with Crippen molar-refractivity contribution in [2.75, 3.05) is 11.9 Å². The molecule has 0 aromatic carbocycles. The molecular formula is C12H14F3N3O3. The second kappa shape index (κ2) is 5.38. The van der Waals surface area contributed by atoms with Crippen LogP contribution in [0.2, 0.25) is 0 Å². The molecule has 2 heterocycles. The monoisotopic (exact) mass is 305 g/mol. The molecule has 0 bridgehead atoms. The minimum atomic E-state index is -4.55. The quantitative estimate of drug-likeness (QED) is 0.863. The molecule has 1 amide bonds. The summed E-state index contributed by atoms with van der Waals surface area (Å²) >= 11 is 0. The number of hydrogen-bond acceptors (Lipinski definition) is 4. The maximum absolute atomic E-state index is 13.1. The van der Waals surface area contributed by atoms with E-state index in [-0.39, 0.29) is 30.2 Å². The van der Waals surface area contributed by atoms with Crippen LogP contribution in [-0.4, -0.2) is 34.4 Å². The number of rotatable bonds is 3. The molecule has 0 radical (unpaired) electrons. The number of anilines is 1. The van der Waals surface area contributed by atoms with E-state index < -0.39 is 30.4 Å². The molecule has 21 heavy (non-hydrogen) atoms. The zero-order valence-electron chi connectivity index (χ0n) is 11.5. The van der Waals surface area contributed by atoms with Crippen molar-refractivity contribution in [3.05, 3.63) is 11.3 Å². The fraction of sp³-hybridized carbons (Fsp3) is 0.583. The molecular weight excluding hydrogens is 291 g/mol. The Kier molecular flexibility index (Phi) is 3.93. The number of esters is 1. The lowest BCUT2D eigenvalue weighted by molar-refractivity contribution is -0.156. The van der Waals surface area contributed by atoms with Gasteiger partial charge in [0.05, 0.1) is 18.2 Å². The van der Waals surface area contributed by atoms with Crippen LogP contribution in [0.3, 0.4) is 0 Å². The number of fused-ring (bicyclic) bond motifs is 1. The molecule has 9 heteroatoms. The predicted molar refractivity (Wildman–Crippen MR) is 65.6 cm³/mol. The average Bonchev–Trinajstić information content (AvgIpc) is 2.64. The van der Waals surface area contributed by atoms with Crippen LogP contribution in [0.4, 0.5) is 19.0 Å². The van der Waals surface area contributed by atoms with Gasteiger partial charge in [0.15, 0.2) is 0 Å². The Labute approximate surface area is 118 Å². The van der Waals surface area contributed by atoms with Gasteiger partial charge in [-0.05, 0) is 13.8 Å². The van der Waals surface area contributed by atoms with E-state index >= 15 is 0 Å². The molecule has 1 aromatic heterocycles. The van der Waals surface area contributed by atoms with Gasteiger partial charge < -0.3 is 10.1 Å². The summed E-state index contributed by atoms with van der Waals surface area (Å²) in [4.78, 5) is 22.9. The summed E-state index contributed by atoms with van der Waals surface area (Å²) < 4.78 is 44.9. The van der Waals surface area contributed by atoms with Crippen molar-refractivity contribution in [1.29, 1.82) is 0 Å². The zero-order valence-corrected chi connectivity index (χ0v) is 11.5. The molecule has 0 saturated carbocycles. The molecule has 0 unspecified atom stereocenters. The first-order valence-corrected chi connectivity index (χ1v) is 6.33. The van der Waals surface area contributed by atoms with Crippen LogP contribution in [0.25, 0.3) is 0 Å². The molecule has 1 N–H and O–H groups in total. The van der Waals surface area contributed by atoms with E-state index in [9.17, 15) is 22.8 Å². The SMILES string of the molecule is CCOC(=O)Cn1nc(C)c2c1NC(=O)C[C@@H]2C(F)(F)F. The van der Waals surface area contributed by atoms with Crippen molar-refractivity contribution < 1.29 is 27.5 Å². The van der Waals surface area contributed by atoms with Gasteiger partial charge in [0.2, 0.25) is 5.91 Å². The molecule has 2 rings (SSSR count).